The molecule has 0 spiro atoms. The number of hydrogen-bond donors (Lipinski definition) is 0. The average molecular weight is 396 g/mol. The van der Waals surface area contributed by atoms with Crippen LogP contribution in [-0.4, -0.2) is 62.5 Å². The topological polar surface area (TPSA) is 40.2 Å². The first-order valence-electron chi connectivity index (χ1n) is 11.8. The second-order valence-corrected chi connectivity index (χ2v) is 9.76. The van der Waals surface area contributed by atoms with Crippen molar-refractivity contribution in [2.45, 2.75) is 84.5 Å². The molecule has 0 amide bonds. The van der Waals surface area contributed by atoms with E-state index in [4.69, 9.17) is 18.9 Å². The molecule has 28 heavy (non-hydrogen) atoms. The van der Waals surface area contributed by atoms with Crippen LogP contribution in [-0.2, 0) is 18.9 Å². The van der Waals surface area contributed by atoms with Gasteiger partial charge >= 0.3 is 0 Å². The van der Waals surface area contributed by atoms with Gasteiger partial charge < -0.3 is 18.9 Å². The maximum Gasteiger partial charge on any atom is 0.164 e. The Morgan fingerprint density at radius 2 is 1.75 bits per heavy atom. The Labute approximate surface area is 171 Å². The number of morpholine rings is 1. The molecule has 4 unspecified atom stereocenters. The molecule has 162 valence electrons. The van der Waals surface area contributed by atoms with Crippen LogP contribution in [0.2, 0.25) is 0 Å². The highest BCUT2D eigenvalue weighted by Crippen LogP contribution is 2.53. The predicted molar refractivity (Wildman–Crippen MR) is 109 cm³/mol. The van der Waals surface area contributed by atoms with Crippen molar-refractivity contribution < 1.29 is 18.9 Å². The van der Waals surface area contributed by atoms with Crippen molar-refractivity contribution in [2.75, 3.05) is 32.9 Å². The van der Waals surface area contributed by atoms with E-state index < -0.39 is 0 Å². The summed E-state index contributed by atoms with van der Waals surface area (Å²) in [7, 11) is 0. The van der Waals surface area contributed by atoms with E-state index in [9.17, 15) is 0 Å². The normalized spacial score (nSPS) is 45.9. The third-order valence-electron chi connectivity index (χ3n) is 8.07. The van der Waals surface area contributed by atoms with Gasteiger partial charge in [-0.15, -0.1) is 0 Å². The van der Waals surface area contributed by atoms with Gasteiger partial charge in [-0.1, -0.05) is 20.3 Å². The first kappa shape index (κ1) is 21.0. The summed E-state index contributed by atoms with van der Waals surface area (Å²) in [4.78, 5) is 2.47. The van der Waals surface area contributed by atoms with Crippen LogP contribution in [0, 0.1) is 29.6 Å². The van der Waals surface area contributed by atoms with Crippen LogP contribution < -0.4 is 0 Å². The highest BCUT2D eigenvalue weighted by molar-refractivity contribution is 4.96. The molecule has 4 rings (SSSR count). The van der Waals surface area contributed by atoms with E-state index in [0.29, 0.717) is 23.8 Å². The second-order valence-electron chi connectivity index (χ2n) is 9.76. The molecule has 5 nitrogen and oxygen atoms in total. The van der Waals surface area contributed by atoms with Crippen LogP contribution in [0.15, 0.2) is 0 Å². The molecule has 4 fully saturated rings. The summed E-state index contributed by atoms with van der Waals surface area (Å²) in [5.41, 5.74) is 0. The van der Waals surface area contributed by atoms with Crippen molar-refractivity contribution in [1.82, 2.24) is 4.90 Å². The maximum atomic E-state index is 6.58. The van der Waals surface area contributed by atoms with Crippen molar-refractivity contribution in [3.8, 4) is 0 Å². The first-order valence-corrected chi connectivity index (χ1v) is 11.8. The van der Waals surface area contributed by atoms with Crippen molar-refractivity contribution in [3.05, 3.63) is 0 Å². The standard InChI is InChI=1S/C23H41NO4/c1-5-18-20-8-6-15(2)19-9-7-17(4)27-23(21(19)20)28-22(18)26-14-16(3)24-10-12-25-13-11-24/h15-23H,5-14H2,1-4H3/t15-,16?,17?,18-,19+,20+,21?,22+,23?/m1/s1. The van der Waals surface area contributed by atoms with Gasteiger partial charge in [0.15, 0.2) is 12.6 Å². The summed E-state index contributed by atoms with van der Waals surface area (Å²) in [6.07, 6.45) is 6.31. The van der Waals surface area contributed by atoms with E-state index in [1.807, 2.05) is 0 Å². The van der Waals surface area contributed by atoms with Gasteiger partial charge in [0.2, 0.25) is 0 Å². The van der Waals surface area contributed by atoms with Crippen LogP contribution in [0.3, 0.4) is 0 Å². The molecule has 4 aliphatic rings. The maximum absolute atomic E-state index is 6.58. The molecule has 3 aliphatic heterocycles. The molecule has 3 heterocycles. The Morgan fingerprint density at radius 3 is 2.50 bits per heavy atom. The van der Waals surface area contributed by atoms with Gasteiger partial charge in [0, 0.05) is 31.0 Å². The minimum Gasteiger partial charge on any atom is -0.379 e. The lowest BCUT2D eigenvalue weighted by atomic mass is 9.60. The van der Waals surface area contributed by atoms with Crippen molar-refractivity contribution in [2.24, 2.45) is 29.6 Å². The molecule has 1 aliphatic carbocycles. The van der Waals surface area contributed by atoms with Crippen molar-refractivity contribution >= 4 is 0 Å². The second kappa shape index (κ2) is 9.30. The SMILES string of the molecule is CC[C@H]1[C@@H](OCC(C)N2CCOCC2)OC2OC(C)CC[C@@H]3C2[C@H]1CC[C@H]3C. The lowest BCUT2D eigenvalue weighted by Crippen LogP contribution is -2.55. The highest BCUT2D eigenvalue weighted by Gasteiger charge is 2.53. The van der Waals surface area contributed by atoms with Gasteiger partial charge in [0.25, 0.3) is 0 Å². The molecule has 1 saturated carbocycles. The zero-order valence-corrected chi connectivity index (χ0v) is 18.3. The highest BCUT2D eigenvalue weighted by atomic mass is 16.8. The Hall–Kier alpha value is -0.200. The third-order valence-corrected chi connectivity index (χ3v) is 8.07. The van der Waals surface area contributed by atoms with E-state index >= 15 is 0 Å². The van der Waals surface area contributed by atoms with Gasteiger partial charge in [0.1, 0.15) is 0 Å². The molecule has 0 aromatic rings. The number of rotatable bonds is 5. The Kier molecular flexibility index (Phi) is 6.99. The molecular weight excluding hydrogens is 354 g/mol. The third kappa shape index (κ3) is 4.29. The first-order chi connectivity index (χ1) is 13.6. The average Bonchev–Trinajstić information content (AvgIpc) is 2.88. The summed E-state index contributed by atoms with van der Waals surface area (Å²) >= 11 is 0. The van der Waals surface area contributed by atoms with E-state index in [0.717, 1.165) is 57.6 Å². The van der Waals surface area contributed by atoms with Crippen LogP contribution in [0.25, 0.3) is 0 Å². The van der Waals surface area contributed by atoms with Crippen LogP contribution in [0.4, 0.5) is 0 Å². The quantitative estimate of drug-likeness (QED) is 0.706. The number of nitrogens with zero attached hydrogens (tertiary/aromatic N) is 1. The molecular formula is C23H41NO4. The van der Waals surface area contributed by atoms with Gasteiger partial charge in [0.05, 0.1) is 25.9 Å². The van der Waals surface area contributed by atoms with E-state index in [1.54, 1.807) is 0 Å². The largest absolute Gasteiger partial charge is 0.379 e. The van der Waals surface area contributed by atoms with Crippen molar-refractivity contribution in [1.29, 1.82) is 0 Å². The molecule has 5 heteroatoms. The molecule has 0 aromatic carbocycles. The fraction of sp³-hybridized carbons (Fsp3) is 1.00. The molecule has 0 aromatic heterocycles. The number of hydrogen-bond acceptors (Lipinski definition) is 5. The monoisotopic (exact) mass is 395 g/mol. The summed E-state index contributed by atoms with van der Waals surface area (Å²) in [6, 6.07) is 0.399. The minimum atomic E-state index is -0.126. The zero-order valence-electron chi connectivity index (χ0n) is 18.3. The molecule has 3 saturated heterocycles. The van der Waals surface area contributed by atoms with Gasteiger partial charge in [-0.05, 0) is 57.3 Å². The van der Waals surface area contributed by atoms with E-state index in [-0.39, 0.29) is 18.7 Å². The van der Waals surface area contributed by atoms with Crippen LogP contribution in [0.1, 0.15) is 59.8 Å². The summed E-state index contributed by atoms with van der Waals surface area (Å²) in [6.45, 7) is 13.6. The predicted octanol–water partition coefficient (Wildman–Crippen LogP) is 3.91. The zero-order chi connectivity index (χ0) is 19.7. The van der Waals surface area contributed by atoms with E-state index in [2.05, 4.69) is 32.6 Å². The Bertz CT molecular complexity index is 497. The lowest BCUT2D eigenvalue weighted by Gasteiger charge is -2.52. The molecule has 0 radical (unpaired) electrons. The van der Waals surface area contributed by atoms with Gasteiger partial charge in [-0.3, -0.25) is 4.90 Å². The molecule has 0 N–H and O–H groups in total. The fourth-order valence-corrected chi connectivity index (χ4v) is 6.33. The van der Waals surface area contributed by atoms with Crippen molar-refractivity contribution in [3.63, 3.8) is 0 Å². The lowest BCUT2D eigenvalue weighted by molar-refractivity contribution is -0.338. The molecule has 0 bridgehead atoms. The summed E-state index contributed by atoms with van der Waals surface area (Å²) in [5, 5.41) is 0. The summed E-state index contributed by atoms with van der Waals surface area (Å²) < 4.78 is 24.9. The Balaban J connectivity index is 1.45. The minimum absolute atomic E-state index is 0.0817. The fourth-order valence-electron chi connectivity index (χ4n) is 6.33. The van der Waals surface area contributed by atoms with Gasteiger partial charge in [-0.25, -0.2) is 0 Å². The van der Waals surface area contributed by atoms with Crippen LogP contribution >= 0.6 is 0 Å². The Morgan fingerprint density at radius 1 is 1.00 bits per heavy atom. The summed E-state index contributed by atoms with van der Waals surface area (Å²) in [5.74, 6) is 3.26. The molecule has 9 atom stereocenters. The number of ether oxygens (including phenoxy) is 4. The van der Waals surface area contributed by atoms with Gasteiger partial charge in [-0.2, -0.15) is 0 Å². The smallest absolute Gasteiger partial charge is 0.164 e. The van der Waals surface area contributed by atoms with E-state index in [1.165, 1.54) is 19.3 Å². The van der Waals surface area contributed by atoms with Crippen LogP contribution in [0.5, 0.6) is 0 Å².